The van der Waals surface area contributed by atoms with Gasteiger partial charge in [0.2, 0.25) is 17.6 Å². The van der Waals surface area contributed by atoms with Crippen LogP contribution in [0.25, 0.3) is 0 Å². The van der Waals surface area contributed by atoms with Gasteiger partial charge in [-0.15, -0.1) is 5.10 Å². The lowest BCUT2D eigenvalue weighted by Crippen LogP contribution is -2.29. The summed E-state index contributed by atoms with van der Waals surface area (Å²) in [6.07, 6.45) is -4.80. The summed E-state index contributed by atoms with van der Waals surface area (Å²) in [5.74, 6) is -2.36. The van der Waals surface area contributed by atoms with Crippen molar-refractivity contribution in [1.29, 1.82) is 0 Å². The van der Waals surface area contributed by atoms with Gasteiger partial charge in [-0.3, -0.25) is 14.2 Å². The van der Waals surface area contributed by atoms with Crippen LogP contribution in [0.1, 0.15) is 12.7 Å². The largest absolute Gasteiger partial charge is 0.451 e. The number of hydrogen-bond acceptors (Lipinski definition) is 4. The summed E-state index contributed by atoms with van der Waals surface area (Å²) < 4.78 is 38.8. The number of nitrogens with one attached hydrogen (secondary N) is 2. The van der Waals surface area contributed by atoms with E-state index in [1.54, 1.807) is 0 Å². The molecular weight excluding hydrogens is 343 g/mol. The maximum absolute atomic E-state index is 12.7. The minimum atomic E-state index is -4.80. The molecule has 2 N–H and O–H groups in total. The number of amides is 2. The monoisotopic (exact) mass is 357 g/mol. The van der Waals surface area contributed by atoms with Crippen LogP contribution in [0, 0.1) is 0 Å². The fourth-order valence-corrected chi connectivity index (χ4v) is 2.01. The second kappa shape index (κ2) is 6.79. The van der Waals surface area contributed by atoms with Crippen LogP contribution in [0.5, 0.6) is 0 Å². The molecule has 25 heavy (non-hydrogen) atoms. The first-order chi connectivity index (χ1) is 11.6. The molecule has 0 aliphatic rings. The minimum absolute atomic E-state index is 0.258. The Labute approximate surface area is 139 Å². The summed E-state index contributed by atoms with van der Waals surface area (Å²) in [4.78, 5) is 34.5. The van der Waals surface area contributed by atoms with Gasteiger partial charge in [0.15, 0.2) is 0 Å². The number of alkyl halides is 3. The maximum atomic E-state index is 12.7. The predicted molar refractivity (Wildman–Crippen MR) is 81.8 cm³/mol. The first-order valence-electron chi connectivity index (χ1n) is 6.96. The molecule has 134 valence electrons. The number of halogens is 3. The molecule has 1 aromatic heterocycles. The van der Waals surface area contributed by atoms with Crippen LogP contribution in [-0.2, 0) is 29.4 Å². The van der Waals surface area contributed by atoms with Crippen LogP contribution >= 0.6 is 0 Å². The van der Waals surface area contributed by atoms with Gasteiger partial charge in [-0.05, 0) is 24.3 Å². The Balaban J connectivity index is 2.08. The van der Waals surface area contributed by atoms with Gasteiger partial charge < -0.3 is 10.6 Å². The van der Waals surface area contributed by atoms with E-state index >= 15 is 0 Å². The number of nitrogens with zero attached hydrogens (tertiary/aromatic N) is 3. The standard InChI is InChI=1S/C14H14F3N5O3/c1-8(23)18-9-3-5-10(6-4-9)19-11(24)7-22-13(25)21(2)12(20-22)14(15,16)17/h3-6H,7H2,1-2H3,(H,18,23)(H,19,24). The zero-order chi connectivity index (χ0) is 18.8. The van der Waals surface area contributed by atoms with Gasteiger partial charge in [0.1, 0.15) is 6.54 Å². The van der Waals surface area contributed by atoms with E-state index in [0.29, 0.717) is 20.6 Å². The zero-order valence-electron chi connectivity index (χ0n) is 13.2. The van der Waals surface area contributed by atoms with E-state index in [1.165, 1.54) is 31.2 Å². The molecule has 0 spiro atoms. The summed E-state index contributed by atoms with van der Waals surface area (Å²) in [5, 5.41) is 8.11. The van der Waals surface area contributed by atoms with E-state index in [9.17, 15) is 27.6 Å². The molecule has 0 radical (unpaired) electrons. The lowest BCUT2D eigenvalue weighted by molar-refractivity contribution is -0.147. The van der Waals surface area contributed by atoms with Gasteiger partial charge in [0.25, 0.3) is 0 Å². The summed E-state index contributed by atoms with van der Waals surface area (Å²) in [6, 6.07) is 6.05. The van der Waals surface area contributed by atoms with Gasteiger partial charge >= 0.3 is 11.9 Å². The normalized spacial score (nSPS) is 11.2. The van der Waals surface area contributed by atoms with E-state index in [2.05, 4.69) is 15.7 Å². The molecule has 0 bridgehead atoms. The number of carbonyl (C=O) groups excluding carboxylic acids is 2. The van der Waals surface area contributed by atoms with Crippen molar-refractivity contribution in [3.63, 3.8) is 0 Å². The van der Waals surface area contributed by atoms with Crippen molar-refractivity contribution in [2.24, 2.45) is 7.05 Å². The van der Waals surface area contributed by atoms with Crippen molar-refractivity contribution in [1.82, 2.24) is 14.3 Å². The Morgan fingerprint density at radius 3 is 2.08 bits per heavy atom. The lowest BCUT2D eigenvalue weighted by atomic mass is 10.2. The summed E-state index contributed by atoms with van der Waals surface area (Å²) in [6.45, 7) is 0.672. The Bertz CT molecular complexity index is 852. The third kappa shape index (κ3) is 4.46. The van der Waals surface area contributed by atoms with Crippen LogP contribution in [-0.4, -0.2) is 26.2 Å². The molecule has 0 unspecified atom stereocenters. The quantitative estimate of drug-likeness (QED) is 0.859. The zero-order valence-corrected chi connectivity index (χ0v) is 13.2. The number of benzene rings is 1. The van der Waals surface area contributed by atoms with E-state index in [4.69, 9.17) is 0 Å². The van der Waals surface area contributed by atoms with Crippen molar-refractivity contribution < 1.29 is 22.8 Å². The highest BCUT2D eigenvalue weighted by Crippen LogP contribution is 2.26. The van der Waals surface area contributed by atoms with Gasteiger partial charge in [-0.2, -0.15) is 13.2 Å². The second-order valence-corrected chi connectivity index (χ2v) is 5.13. The molecule has 0 saturated carbocycles. The SMILES string of the molecule is CC(=O)Nc1ccc(NC(=O)Cn2nc(C(F)(F)F)n(C)c2=O)cc1. The van der Waals surface area contributed by atoms with Crippen LogP contribution in [0.3, 0.4) is 0 Å². The highest BCUT2D eigenvalue weighted by Gasteiger charge is 2.38. The molecule has 0 atom stereocenters. The molecular formula is C14H14F3N5O3. The first kappa shape index (κ1) is 18.2. The maximum Gasteiger partial charge on any atom is 0.451 e. The summed E-state index contributed by atoms with van der Waals surface area (Å²) in [7, 11) is 0.924. The summed E-state index contributed by atoms with van der Waals surface area (Å²) >= 11 is 0. The van der Waals surface area contributed by atoms with Crippen molar-refractivity contribution in [2.75, 3.05) is 10.6 Å². The number of aromatic nitrogens is 3. The van der Waals surface area contributed by atoms with Crippen LogP contribution in [0.2, 0.25) is 0 Å². The molecule has 2 aromatic rings. The van der Waals surface area contributed by atoms with Crippen molar-refractivity contribution in [2.45, 2.75) is 19.6 Å². The fraction of sp³-hybridized carbons (Fsp3) is 0.286. The van der Waals surface area contributed by atoms with Gasteiger partial charge in [0, 0.05) is 25.3 Å². The van der Waals surface area contributed by atoms with Crippen molar-refractivity contribution >= 4 is 23.2 Å². The number of rotatable bonds is 4. The minimum Gasteiger partial charge on any atom is -0.326 e. The third-order valence-corrected chi connectivity index (χ3v) is 3.08. The Kier molecular flexibility index (Phi) is 4.95. The number of hydrogen-bond donors (Lipinski definition) is 2. The Hall–Kier alpha value is -3.11. The molecule has 2 amide bonds. The molecule has 8 nitrogen and oxygen atoms in total. The molecule has 0 fully saturated rings. The predicted octanol–water partition coefficient (Wildman–Crippen LogP) is 1.20. The molecule has 0 aliphatic heterocycles. The van der Waals surface area contributed by atoms with Crippen molar-refractivity contribution in [3.8, 4) is 0 Å². The Morgan fingerprint density at radius 2 is 1.64 bits per heavy atom. The van der Waals surface area contributed by atoms with Crippen LogP contribution < -0.4 is 16.3 Å². The number of carbonyl (C=O) groups is 2. The van der Waals surface area contributed by atoms with Crippen LogP contribution in [0.4, 0.5) is 24.5 Å². The van der Waals surface area contributed by atoms with Gasteiger partial charge in [-0.1, -0.05) is 0 Å². The lowest BCUT2D eigenvalue weighted by Gasteiger charge is -2.06. The van der Waals surface area contributed by atoms with Crippen LogP contribution in [0.15, 0.2) is 29.1 Å². The molecule has 0 saturated heterocycles. The van der Waals surface area contributed by atoms with Crippen molar-refractivity contribution in [3.05, 3.63) is 40.6 Å². The van der Waals surface area contributed by atoms with E-state index in [-0.39, 0.29) is 5.91 Å². The summed E-state index contributed by atoms with van der Waals surface area (Å²) in [5.41, 5.74) is -0.191. The highest BCUT2D eigenvalue weighted by molar-refractivity contribution is 5.92. The molecule has 2 rings (SSSR count). The topological polar surface area (TPSA) is 98.0 Å². The molecule has 1 heterocycles. The third-order valence-electron chi connectivity index (χ3n) is 3.08. The smallest absolute Gasteiger partial charge is 0.326 e. The molecule has 1 aromatic carbocycles. The highest BCUT2D eigenvalue weighted by atomic mass is 19.4. The average molecular weight is 357 g/mol. The van der Waals surface area contributed by atoms with E-state index in [0.717, 1.165) is 7.05 Å². The Morgan fingerprint density at radius 1 is 1.12 bits per heavy atom. The number of anilines is 2. The van der Waals surface area contributed by atoms with E-state index < -0.39 is 30.1 Å². The second-order valence-electron chi connectivity index (χ2n) is 5.13. The average Bonchev–Trinajstić information content (AvgIpc) is 2.77. The van der Waals surface area contributed by atoms with E-state index in [1.807, 2.05) is 0 Å². The van der Waals surface area contributed by atoms with Gasteiger partial charge in [0.05, 0.1) is 0 Å². The molecule has 0 aliphatic carbocycles. The first-order valence-corrected chi connectivity index (χ1v) is 6.96. The molecule has 11 heteroatoms. The fourth-order valence-electron chi connectivity index (χ4n) is 2.01. The van der Waals surface area contributed by atoms with Gasteiger partial charge in [-0.25, -0.2) is 9.48 Å².